The van der Waals surface area contributed by atoms with Crippen LogP contribution in [-0.2, 0) is 16.1 Å². The van der Waals surface area contributed by atoms with Crippen LogP contribution in [0.2, 0.25) is 0 Å². The fourth-order valence-electron chi connectivity index (χ4n) is 2.62. The molecule has 0 aliphatic carbocycles. The maximum absolute atomic E-state index is 10.7. The van der Waals surface area contributed by atoms with Crippen LogP contribution in [0, 0.1) is 0 Å². The highest BCUT2D eigenvalue weighted by molar-refractivity contribution is 5.75. The van der Waals surface area contributed by atoms with Gasteiger partial charge in [-0.25, -0.2) is 0 Å². The monoisotopic (exact) mass is 338 g/mol. The summed E-state index contributed by atoms with van der Waals surface area (Å²) in [5.41, 5.74) is 5.67. The Morgan fingerprint density at radius 2 is 2.12 bits per heavy atom. The Bertz CT molecular complexity index is 533. The predicted octanol–water partition coefficient (Wildman–Crippen LogP) is 0.988. The van der Waals surface area contributed by atoms with Gasteiger partial charge in [0.15, 0.2) is 6.61 Å². The first-order chi connectivity index (χ1) is 11.4. The summed E-state index contributed by atoms with van der Waals surface area (Å²) in [7, 11) is 0. The van der Waals surface area contributed by atoms with Crippen LogP contribution in [0.1, 0.15) is 31.7 Å². The summed E-state index contributed by atoms with van der Waals surface area (Å²) in [6.45, 7) is 4.26. The van der Waals surface area contributed by atoms with Crippen molar-refractivity contribution >= 4 is 12.4 Å². The average molecular weight is 338 g/mol. The van der Waals surface area contributed by atoms with Gasteiger partial charge in [0.2, 0.25) is 0 Å². The standard InChI is InChI=1S/C16H24N2O3.CH2O2/c1-16(20)6-3-8-18(9-7-16)11-13-4-2-5-14(10-13)21-12-15(17)19;2-1-3/h2,4-5,10,20H,3,6-9,11-12H2,1H3,(H2,17,19);1H,(H,2,3). The van der Waals surface area contributed by atoms with Gasteiger partial charge in [-0.1, -0.05) is 12.1 Å². The number of ether oxygens (including phenoxy) is 1. The Morgan fingerprint density at radius 1 is 1.42 bits per heavy atom. The van der Waals surface area contributed by atoms with Crippen molar-refractivity contribution < 1.29 is 24.5 Å². The number of primary amides is 1. The highest BCUT2D eigenvalue weighted by atomic mass is 16.5. The van der Waals surface area contributed by atoms with E-state index in [-0.39, 0.29) is 13.1 Å². The van der Waals surface area contributed by atoms with Gasteiger partial charge in [-0.15, -0.1) is 0 Å². The molecule has 134 valence electrons. The van der Waals surface area contributed by atoms with Crippen LogP contribution in [0.25, 0.3) is 0 Å². The van der Waals surface area contributed by atoms with Crippen LogP contribution in [0.15, 0.2) is 24.3 Å². The molecule has 0 bridgehead atoms. The molecule has 1 aliphatic rings. The third kappa shape index (κ3) is 7.94. The molecular weight excluding hydrogens is 312 g/mol. The van der Waals surface area contributed by atoms with Gasteiger partial charge in [-0.3, -0.25) is 14.5 Å². The van der Waals surface area contributed by atoms with E-state index in [0.717, 1.165) is 44.5 Å². The van der Waals surface area contributed by atoms with E-state index in [0.29, 0.717) is 5.75 Å². The summed E-state index contributed by atoms with van der Waals surface area (Å²) >= 11 is 0. The molecule has 1 fully saturated rings. The molecule has 0 saturated carbocycles. The first-order valence-corrected chi connectivity index (χ1v) is 7.89. The lowest BCUT2D eigenvalue weighted by Crippen LogP contribution is -2.28. The van der Waals surface area contributed by atoms with Gasteiger partial charge in [0, 0.05) is 13.1 Å². The Hall–Kier alpha value is -2.12. The molecule has 1 aliphatic heterocycles. The molecule has 4 N–H and O–H groups in total. The third-order valence-corrected chi connectivity index (χ3v) is 3.84. The molecule has 0 aromatic heterocycles. The Balaban J connectivity index is 0.000000891. The summed E-state index contributed by atoms with van der Waals surface area (Å²) in [6.07, 6.45) is 2.65. The number of nitrogens with zero attached hydrogens (tertiary/aromatic N) is 1. The van der Waals surface area contributed by atoms with Gasteiger partial charge in [0.1, 0.15) is 5.75 Å². The Kier molecular flexibility index (Phi) is 8.21. The van der Waals surface area contributed by atoms with E-state index in [1.165, 1.54) is 0 Å². The molecule has 1 amide bonds. The van der Waals surface area contributed by atoms with Crippen molar-refractivity contribution in [3.8, 4) is 5.75 Å². The predicted molar refractivity (Wildman–Crippen MR) is 89.6 cm³/mol. The largest absolute Gasteiger partial charge is 0.484 e. The summed E-state index contributed by atoms with van der Waals surface area (Å²) in [6, 6.07) is 7.71. The molecule has 24 heavy (non-hydrogen) atoms. The van der Waals surface area contributed by atoms with Crippen molar-refractivity contribution in [1.82, 2.24) is 4.90 Å². The zero-order chi connectivity index (χ0) is 18.0. The van der Waals surface area contributed by atoms with Crippen molar-refractivity contribution in [2.45, 2.75) is 38.3 Å². The summed E-state index contributed by atoms with van der Waals surface area (Å²) in [5.74, 6) is 0.184. The minimum Gasteiger partial charge on any atom is -0.484 e. The van der Waals surface area contributed by atoms with Crippen LogP contribution in [-0.4, -0.2) is 52.8 Å². The van der Waals surface area contributed by atoms with Crippen molar-refractivity contribution in [2.24, 2.45) is 5.73 Å². The van der Waals surface area contributed by atoms with E-state index in [9.17, 15) is 9.90 Å². The zero-order valence-corrected chi connectivity index (χ0v) is 14.0. The van der Waals surface area contributed by atoms with Gasteiger partial charge in [-0.2, -0.15) is 0 Å². The SMILES string of the molecule is CC1(O)CCCN(Cc2cccc(OCC(N)=O)c2)CC1.O=CO. The smallest absolute Gasteiger partial charge is 0.290 e. The highest BCUT2D eigenvalue weighted by Crippen LogP contribution is 2.23. The summed E-state index contributed by atoms with van der Waals surface area (Å²) in [4.78, 5) is 21.4. The summed E-state index contributed by atoms with van der Waals surface area (Å²) < 4.78 is 5.32. The molecule has 2 rings (SSSR count). The third-order valence-electron chi connectivity index (χ3n) is 3.84. The minimum absolute atomic E-state index is 0.101. The summed E-state index contributed by atoms with van der Waals surface area (Å²) in [5, 5.41) is 17.0. The normalized spacial score (nSPS) is 21.1. The molecule has 1 atom stereocenters. The van der Waals surface area contributed by atoms with E-state index in [4.69, 9.17) is 20.4 Å². The van der Waals surface area contributed by atoms with E-state index in [2.05, 4.69) is 4.90 Å². The molecule has 7 heteroatoms. The number of rotatable bonds is 5. The first-order valence-electron chi connectivity index (χ1n) is 7.89. The number of hydrogen-bond donors (Lipinski definition) is 3. The second-order valence-corrected chi connectivity index (χ2v) is 6.13. The molecular formula is C17H26N2O5. The number of amides is 1. The molecule has 1 heterocycles. The minimum atomic E-state index is -0.540. The van der Waals surface area contributed by atoms with Crippen LogP contribution >= 0.6 is 0 Å². The number of nitrogens with two attached hydrogens (primary N) is 1. The van der Waals surface area contributed by atoms with Gasteiger partial charge >= 0.3 is 0 Å². The lowest BCUT2D eigenvalue weighted by atomic mass is 9.98. The number of aliphatic hydroxyl groups is 1. The fraction of sp³-hybridized carbons (Fsp3) is 0.529. The number of carboxylic acid groups (broad SMARTS) is 1. The van der Waals surface area contributed by atoms with Crippen LogP contribution in [0.5, 0.6) is 5.75 Å². The van der Waals surface area contributed by atoms with E-state index < -0.39 is 11.5 Å². The quantitative estimate of drug-likeness (QED) is 0.690. The molecule has 7 nitrogen and oxygen atoms in total. The van der Waals surface area contributed by atoms with E-state index in [1.54, 1.807) is 0 Å². The second kappa shape index (κ2) is 9.89. The van der Waals surface area contributed by atoms with Crippen LogP contribution < -0.4 is 10.5 Å². The van der Waals surface area contributed by atoms with Gasteiger partial charge in [-0.05, 0) is 50.4 Å². The van der Waals surface area contributed by atoms with Crippen molar-refractivity contribution in [3.05, 3.63) is 29.8 Å². The van der Waals surface area contributed by atoms with Crippen molar-refractivity contribution in [2.75, 3.05) is 19.7 Å². The molecule has 1 aromatic carbocycles. The second-order valence-electron chi connectivity index (χ2n) is 6.13. The molecule has 1 aromatic rings. The average Bonchev–Trinajstić information content (AvgIpc) is 2.68. The molecule has 0 radical (unpaired) electrons. The molecule has 0 spiro atoms. The number of hydrogen-bond acceptors (Lipinski definition) is 5. The lowest BCUT2D eigenvalue weighted by Gasteiger charge is -2.22. The molecule has 1 saturated heterocycles. The van der Waals surface area contributed by atoms with Gasteiger partial charge < -0.3 is 20.7 Å². The number of benzene rings is 1. The Morgan fingerprint density at radius 3 is 2.79 bits per heavy atom. The number of carbonyl (C=O) groups is 2. The van der Waals surface area contributed by atoms with Crippen molar-refractivity contribution in [1.29, 1.82) is 0 Å². The lowest BCUT2D eigenvalue weighted by molar-refractivity contribution is -0.123. The molecule has 1 unspecified atom stereocenters. The van der Waals surface area contributed by atoms with Gasteiger partial charge in [0.05, 0.1) is 5.60 Å². The maximum atomic E-state index is 10.7. The van der Waals surface area contributed by atoms with Gasteiger partial charge in [0.25, 0.3) is 12.4 Å². The fourth-order valence-corrected chi connectivity index (χ4v) is 2.62. The first kappa shape index (κ1) is 19.9. The maximum Gasteiger partial charge on any atom is 0.290 e. The topological polar surface area (TPSA) is 113 Å². The highest BCUT2D eigenvalue weighted by Gasteiger charge is 2.24. The number of likely N-dealkylation sites (tertiary alicyclic amines) is 1. The van der Waals surface area contributed by atoms with E-state index >= 15 is 0 Å². The Labute approximate surface area is 142 Å². The number of carbonyl (C=O) groups excluding carboxylic acids is 1. The van der Waals surface area contributed by atoms with Crippen LogP contribution in [0.3, 0.4) is 0 Å². The van der Waals surface area contributed by atoms with Crippen LogP contribution in [0.4, 0.5) is 0 Å². The van der Waals surface area contributed by atoms with Crippen molar-refractivity contribution in [3.63, 3.8) is 0 Å². The van der Waals surface area contributed by atoms with E-state index in [1.807, 2.05) is 31.2 Å². The zero-order valence-electron chi connectivity index (χ0n) is 14.0.